The third-order valence-corrected chi connectivity index (χ3v) is 4.96. The first-order chi connectivity index (χ1) is 9.99. The van der Waals surface area contributed by atoms with Crippen molar-refractivity contribution in [1.29, 1.82) is 0 Å². The lowest BCUT2D eigenvalue weighted by Crippen LogP contribution is -2.38. The maximum Gasteiger partial charge on any atom is 0.409 e. The Bertz CT molecular complexity index is 708. The molecule has 1 unspecified atom stereocenters. The van der Waals surface area contributed by atoms with Crippen molar-refractivity contribution in [2.75, 3.05) is 13.7 Å². The number of ether oxygens (including phenoxy) is 1. The Kier molecular flexibility index (Phi) is 2.29. The van der Waals surface area contributed by atoms with E-state index in [4.69, 9.17) is 4.74 Å². The molecule has 0 amide bonds. The average molecular weight is 286 g/mol. The van der Waals surface area contributed by atoms with Crippen molar-refractivity contribution in [2.45, 2.75) is 18.7 Å². The number of aromatic amines is 1. The Labute approximate surface area is 121 Å². The molecule has 0 aromatic carbocycles. The molecule has 2 heterocycles. The van der Waals surface area contributed by atoms with Gasteiger partial charge in [0.2, 0.25) is 5.78 Å². The van der Waals surface area contributed by atoms with Crippen LogP contribution in [-0.2, 0) is 10.2 Å². The van der Waals surface area contributed by atoms with Crippen molar-refractivity contribution < 1.29 is 19.3 Å². The van der Waals surface area contributed by atoms with Crippen molar-refractivity contribution >= 4 is 18.8 Å². The molecule has 1 spiro atoms. The normalized spacial score (nSPS) is 28.5. The molecule has 6 nitrogen and oxygen atoms in total. The maximum absolute atomic E-state index is 12.3. The lowest BCUT2D eigenvalue weighted by molar-refractivity contribution is 0.0594. The molecule has 0 bridgehead atoms. The second-order valence-corrected chi connectivity index (χ2v) is 6.01. The van der Waals surface area contributed by atoms with Gasteiger partial charge in [-0.15, -0.1) is 0 Å². The van der Waals surface area contributed by atoms with Crippen LogP contribution in [0.1, 0.15) is 33.0 Å². The minimum Gasteiger partial charge on any atom is -0.464 e. The van der Waals surface area contributed by atoms with Crippen LogP contribution in [0, 0.1) is 5.92 Å². The zero-order valence-electron chi connectivity index (χ0n) is 11.8. The summed E-state index contributed by atoms with van der Waals surface area (Å²) < 4.78 is 4.72. The van der Waals surface area contributed by atoms with E-state index in [-0.39, 0.29) is 11.2 Å². The van der Waals surface area contributed by atoms with Gasteiger partial charge in [0.1, 0.15) is 5.69 Å². The molecular formula is C14H15BN2O4. The summed E-state index contributed by atoms with van der Waals surface area (Å²) in [6.45, 7) is 2.45. The molecule has 2 N–H and O–H groups in total. The zero-order chi connectivity index (χ0) is 14.9. The fourth-order valence-electron chi connectivity index (χ4n) is 3.91. The van der Waals surface area contributed by atoms with Crippen molar-refractivity contribution in [2.24, 2.45) is 5.92 Å². The minimum absolute atomic E-state index is 0.154. The Morgan fingerprint density at radius 1 is 1.62 bits per heavy atom. The van der Waals surface area contributed by atoms with Gasteiger partial charge in [0.25, 0.3) is 0 Å². The van der Waals surface area contributed by atoms with Crippen molar-refractivity contribution in [1.82, 2.24) is 9.79 Å². The SMILES string of the molecule is COC(=O)c1cc2c([nH]1)C(=O)C=C1N(B(C)O)CC3C[C@]123. The third kappa shape index (κ3) is 1.42. The van der Waals surface area contributed by atoms with Gasteiger partial charge >= 0.3 is 13.0 Å². The standard InChI is InChI=1S/C14H15BN2O4/c1-15(20)17-6-7-5-14(7)8-3-9(13(19)21-2)16-12(8)10(18)4-11(14)17/h3-4,7,16,20H,5-6H2,1-2H3/t7?,14-/m1/s1. The van der Waals surface area contributed by atoms with Crippen molar-refractivity contribution in [3.05, 3.63) is 34.8 Å². The summed E-state index contributed by atoms with van der Waals surface area (Å²) in [4.78, 5) is 28.8. The number of aromatic nitrogens is 1. The molecule has 2 atom stereocenters. The van der Waals surface area contributed by atoms with Gasteiger partial charge in [-0.05, 0) is 30.8 Å². The van der Waals surface area contributed by atoms with E-state index in [0.29, 0.717) is 17.3 Å². The molecule has 7 heteroatoms. The summed E-state index contributed by atoms with van der Waals surface area (Å²) in [6, 6.07) is 1.73. The van der Waals surface area contributed by atoms with E-state index in [2.05, 4.69) is 4.98 Å². The third-order valence-electron chi connectivity index (χ3n) is 4.96. The number of ketones is 1. The van der Waals surface area contributed by atoms with E-state index in [1.807, 2.05) is 4.81 Å². The first kappa shape index (κ1) is 12.7. The van der Waals surface area contributed by atoms with Crippen LogP contribution in [0.5, 0.6) is 0 Å². The summed E-state index contributed by atoms with van der Waals surface area (Å²) in [5, 5.41) is 9.88. The molecule has 1 aliphatic heterocycles. The lowest BCUT2D eigenvalue weighted by Gasteiger charge is -2.29. The van der Waals surface area contributed by atoms with Gasteiger partial charge in [0.05, 0.1) is 12.8 Å². The van der Waals surface area contributed by atoms with Gasteiger partial charge in [0.15, 0.2) is 0 Å². The number of nitrogens with zero attached hydrogens (tertiary/aromatic N) is 1. The number of carbonyl (C=O) groups excluding carboxylic acids is 2. The fraction of sp³-hybridized carbons (Fsp3) is 0.429. The molecular weight excluding hydrogens is 271 g/mol. The van der Waals surface area contributed by atoms with Gasteiger partial charge in [-0.1, -0.05) is 0 Å². The molecule has 4 rings (SSSR count). The van der Waals surface area contributed by atoms with E-state index < -0.39 is 13.0 Å². The number of H-pyrrole nitrogens is 1. The zero-order valence-corrected chi connectivity index (χ0v) is 11.8. The van der Waals surface area contributed by atoms with E-state index in [9.17, 15) is 14.6 Å². The van der Waals surface area contributed by atoms with Crippen LogP contribution in [0.3, 0.4) is 0 Å². The van der Waals surface area contributed by atoms with Gasteiger partial charge in [-0.3, -0.25) is 4.79 Å². The molecule has 1 saturated heterocycles. The quantitative estimate of drug-likeness (QED) is 0.613. The summed E-state index contributed by atoms with van der Waals surface area (Å²) >= 11 is 0. The van der Waals surface area contributed by atoms with E-state index in [1.54, 1.807) is 19.0 Å². The predicted molar refractivity (Wildman–Crippen MR) is 74.9 cm³/mol. The first-order valence-electron chi connectivity index (χ1n) is 7.02. The lowest BCUT2D eigenvalue weighted by atomic mass is 9.80. The molecule has 0 radical (unpaired) electrons. The number of methoxy groups -OCH3 is 1. The fourth-order valence-corrected chi connectivity index (χ4v) is 3.91. The van der Waals surface area contributed by atoms with Crippen LogP contribution >= 0.6 is 0 Å². The Balaban J connectivity index is 1.84. The number of hydrogen-bond acceptors (Lipinski definition) is 5. The summed E-state index contributed by atoms with van der Waals surface area (Å²) in [5.41, 5.74) is 2.34. The van der Waals surface area contributed by atoms with Crippen LogP contribution in [0.2, 0.25) is 6.82 Å². The molecule has 3 aliphatic rings. The molecule has 21 heavy (non-hydrogen) atoms. The van der Waals surface area contributed by atoms with Crippen LogP contribution in [-0.4, -0.2) is 47.3 Å². The highest BCUT2D eigenvalue weighted by Crippen LogP contribution is 2.66. The highest BCUT2D eigenvalue weighted by Gasteiger charge is 2.67. The highest BCUT2D eigenvalue weighted by molar-refractivity contribution is 6.46. The number of allylic oxidation sites excluding steroid dienone is 2. The second kappa shape index (κ2) is 3.79. The Hall–Kier alpha value is -2.02. The van der Waals surface area contributed by atoms with Crippen LogP contribution < -0.4 is 0 Å². The highest BCUT2D eigenvalue weighted by atomic mass is 16.5. The molecule has 2 fully saturated rings. The van der Waals surface area contributed by atoms with E-state index in [0.717, 1.165) is 24.2 Å². The summed E-state index contributed by atoms with van der Waals surface area (Å²) in [6.07, 6.45) is 2.56. The predicted octanol–water partition coefficient (Wildman–Crippen LogP) is 0.565. The summed E-state index contributed by atoms with van der Waals surface area (Å²) in [5.74, 6) is -0.233. The number of nitrogens with one attached hydrogen (secondary N) is 1. The van der Waals surface area contributed by atoms with Gasteiger partial charge < -0.3 is 19.6 Å². The molecule has 1 aromatic heterocycles. The number of piperidine rings is 1. The Morgan fingerprint density at radius 2 is 2.38 bits per heavy atom. The smallest absolute Gasteiger partial charge is 0.409 e. The second-order valence-electron chi connectivity index (χ2n) is 6.01. The maximum atomic E-state index is 12.3. The number of esters is 1. The minimum atomic E-state index is -0.616. The van der Waals surface area contributed by atoms with E-state index in [1.165, 1.54) is 7.11 Å². The molecule has 1 saturated carbocycles. The molecule has 1 aromatic rings. The van der Waals surface area contributed by atoms with Crippen LogP contribution in [0.25, 0.3) is 0 Å². The van der Waals surface area contributed by atoms with Crippen LogP contribution in [0.4, 0.5) is 0 Å². The average Bonchev–Trinajstić information content (AvgIpc) is 2.84. The Morgan fingerprint density at radius 3 is 3.05 bits per heavy atom. The van der Waals surface area contributed by atoms with Gasteiger partial charge in [-0.2, -0.15) is 0 Å². The van der Waals surface area contributed by atoms with Gasteiger partial charge in [-0.25, -0.2) is 4.79 Å². The number of fused-ring (bicyclic) bond motifs is 1. The largest absolute Gasteiger partial charge is 0.464 e. The van der Waals surface area contributed by atoms with Crippen molar-refractivity contribution in [3.63, 3.8) is 0 Å². The molecule has 2 aliphatic carbocycles. The van der Waals surface area contributed by atoms with Crippen LogP contribution in [0.15, 0.2) is 17.8 Å². The monoisotopic (exact) mass is 286 g/mol. The number of carbonyl (C=O) groups is 2. The topological polar surface area (TPSA) is 82.6 Å². The number of hydrogen-bond donors (Lipinski definition) is 2. The summed E-state index contributed by atoms with van der Waals surface area (Å²) in [7, 11) is 0.700. The first-order valence-corrected chi connectivity index (χ1v) is 7.02. The van der Waals surface area contributed by atoms with Gasteiger partial charge in [0, 0.05) is 23.7 Å². The number of rotatable bonds is 2. The van der Waals surface area contributed by atoms with Crippen molar-refractivity contribution in [3.8, 4) is 0 Å². The molecule has 108 valence electrons. The van der Waals surface area contributed by atoms with E-state index >= 15 is 0 Å².